The van der Waals surface area contributed by atoms with Crippen LogP contribution in [-0.2, 0) is 23.9 Å². The maximum absolute atomic E-state index is 13.4. The number of hydrogen-bond acceptors (Lipinski definition) is 3. The van der Waals surface area contributed by atoms with Gasteiger partial charge >= 0.3 is 6.18 Å². The first-order chi connectivity index (χ1) is 13.4. The second-order valence-electron chi connectivity index (χ2n) is 6.77. The van der Waals surface area contributed by atoms with Gasteiger partial charge in [-0.2, -0.15) is 13.2 Å². The van der Waals surface area contributed by atoms with E-state index < -0.39 is 24.5 Å². The molecule has 3 aromatic rings. The molecule has 0 saturated heterocycles. The van der Waals surface area contributed by atoms with Gasteiger partial charge in [0.05, 0.1) is 11.0 Å². The van der Waals surface area contributed by atoms with Crippen LogP contribution in [0.25, 0.3) is 11.0 Å². The SMILES string of the molecule is Cl.O=C(Cn1c(C(F)(F)F)nc2ccccc21)NCC1NCCc2ccccc21. The minimum absolute atomic E-state index is 0. The summed E-state index contributed by atoms with van der Waals surface area (Å²) in [7, 11) is 0. The number of nitrogens with zero attached hydrogens (tertiary/aromatic N) is 2. The van der Waals surface area contributed by atoms with E-state index in [0.717, 1.165) is 23.1 Å². The molecular formula is C20H20ClF3N4O. The van der Waals surface area contributed by atoms with Crippen molar-refractivity contribution in [3.8, 4) is 0 Å². The Balaban J connectivity index is 0.00000240. The lowest BCUT2D eigenvalue weighted by atomic mass is 9.94. The molecule has 1 atom stereocenters. The first kappa shape index (κ1) is 21.1. The first-order valence-corrected chi connectivity index (χ1v) is 9.04. The van der Waals surface area contributed by atoms with Crippen molar-refractivity contribution in [1.82, 2.24) is 20.2 Å². The van der Waals surface area contributed by atoms with Crippen LogP contribution in [0.5, 0.6) is 0 Å². The van der Waals surface area contributed by atoms with E-state index in [9.17, 15) is 18.0 Å². The van der Waals surface area contributed by atoms with Crippen LogP contribution in [0, 0.1) is 0 Å². The molecule has 0 fully saturated rings. The number of alkyl halides is 3. The summed E-state index contributed by atoms with van der Waals surface area (Å²) < 4.78 is 41.0. The Morgan fingerprint density at radius 1 is 1.17 bits per heavy atom. The van der Waals surface area contributed by atoms with Gasteiger partial charge in [-0.15, -0.1) is 12.4 Å². The summed E-state index contributed by atoms with van der Waals surface area (Å²) in [4.78, 5) is 16.1. The van der Waals surface area contributed by atoms with Crippen molar-refractivity contribution in [2.24, 2.45) is 0 Å². The number of amides is 1. The lowest BCUT2D eigenvalue weighted by molar-refractivity contribution is -0.147. The fraction of sp³-hybridized carbons (Fsp3) is 0.300. The third-order valence-corrected chi connectivity index (χ3v) is 4.93. The van der Waals surface area contributed by atoms with Gasteiger partial charge in [0, 0.05) is 12.6 Å². The van der Waals surface area contributed by atoms with Gasteiger partial charge in [-0.05, 0) is 36.2 Å². The topological polar surface area (TPSA) is 59.0 Å². The van der Waals surface area contributed by atoms with Crippen molar-refractivity contribution in [3.05, 3.63) is 65.5 Å². The highest BCUT2D eigenvalue weighted by Gasteiger charge is 2.38. The van der Waals surface area contributed by atoms with Gasteiger partial charge in [-0.1, -0.05) is 36.4 Å². The molecule has 2 N–H and O–H groups in total. The van der Waals surface area contributed by atoms with Crippen molar-refractivity contribution in [2.45, 2.75) is 25.2 Å². The molecule has 1 amide bonds. The largest absolute Gasteiger partial charge is 0.449 e. The summed E-state index contributed by atoms with van der Waals surface area (Å²) >= 11 is 0. The van der Waals surface area contributed by atoms with Crippen molar-refractivity contribution in [1.29, 1.82) is 0 Å². The third kappa shape index (κ3) is 4.38. The summed E-state index contributed by atoms with van der Waals surface area (Å²) in [5.74, 6) is -1.55. The molecule has 4 rings (SSSR count). The highest BCUT2D eigenvalue weighted by atomic mass is 35.5. The molecule has 0 aliphatic carbocycles. The molecule has 2 heterocycles. The third-order valence-electron chi connectivity index (χ3n) is 4.93. The second-order valence-corrected chi connectivity index (χ2v) is 6.77. The number of para-hydroxylation sites is 2. The summed E-state index contributed by atoms with van der Waals surface area (Å²) in [5.41, 5.74) is 2.83. The zero-order chi connectivity index (χ0) is 19.7. The fourth-order valence-corrected chi connectivity index (χ4v) is 3.64. The van der Waals surface area contributed by atoms with Crippen molar-refractivity contribution in [2.75, 3.05) is 13.1 Å². The molecule has 1 aliphatic heterocycles. The molecule has 9 heteroatoms. The van der Waals surface area contributed by atoms with E-state index >= 15 is 0 Å². The predicted octanol–water partition coefficient (Wildman–Crippen LogP) is 3.48. The molecule has 5 nitrogen and oxygen atoms in total. The monoisotopic (exact) mass is 424 g/mol. The van der Waals surface area contributed by atoms with E-state index in [4.69, 9.17) is 0 Å². The number of hydrogen-bond donors (Lipinski definition) is 2. The molecule has 154 valence electrons. The number of benzene rings is 2. The lowest BCUT2D eigenvalue weighted by Gasteiger charge is -2.27. The van der Waals surface area contributed by atoms with Gasteiger partial charge in [0.25, 0.3) is 0 Å². The van der Waals surface area contributed by atoms with Crippen LogP contribution in [0.1, 0.15) is 23.0 Å². The number of nitrogens with one attached hydrogen (secondary N) is 2. The average molecular weight is 425 g/mol. The Morgan fingerprint density at radius 3 is 2.69 bits per heavy atom. The summed E-state index contributed by atoms with van der Waals surface area (Å²) in [5, 5.41) is 6.10. The van der Waals surface area contributed by atoms with Crippen LogP contribution in [0.4, 0.5) is 13.2 Å². The maximum Gasteiger partial charge on any atom is 0.449 e. The quantitative estimate of drug-likeness (QED) is 0.674. The second kappa shape index (κ2) is 8.42. The highest BCUT2D eigenvalue weighted by Crippen LogP contribution is 2.31. The number of carbonyl (C=O) groups excluding carboxylic acids is 1. The van der Waals surface area contributed by atoms with Gasteiger partial charge in [0.1, 0.15) is 6.54 Å². The maximum atomic E-state index is 13.4. The first-order valence-electron chi connectivity index (χ1n) is 9.04. The highest BCUT2D eigenvalue weighted by molar-refractivity contribution is 5.85. The molecule has 0 bridgehead atoms. The minimum atomic E-state index is -4.64. The van der Waals surface area contributed by atoms with E-state index in [1.54, 1.807) is 12.1 Å². The lowest BCUT2D eigenvalue weighted by Crippen LogP contribution is -2.40. The van der Waals surface area contributed by atoms with Crippen LogP contribution in [-0.4, -0.2) is 28.5 Å². The van der Waals surface area contributed by atoms with E-state index in [2.05, 4.69) is 21.7 Å². The van der Waals surface area contributed by atoms with Crippen LogP contribution < -0.4 is 10.6 Å². The zero-order valence-corrected chi connectivity index (χ0v) is 16.2. The molecular weight excluding hydrogens is 405 g/mol. The van der Waals surface area contributed by atoms with Gasteiger partial charge in [0.2, 0.25) is 11.7 Å². The molecule has 29 heavy (non-hydrogen) atoms. The van der Waals surface area contributed by atoms with Crippen molar-refractivity contribution in [3.63, 3.8) is 0 Å². The zero-order valence-electron chi connectivity index (χ0n) is 15.4. The Labute approximate surface area is 171 Å². The predicted molar refractivity (Wildman–Crippen MR) is 106 cm³/mol. The fourth-order valence-electron chi connectivity index (χ4n) is 3.64. The minimum Gasteiger partial charge on any atom is -0.353 e. The van der Waals surface area contributed by atoms with Crippen LogP contribution >= 0.6 is 12.4 Å². The molecule has 0 saturated carbocycles. The number of fused-ring (bicyclic) bond motifs is 2. The van der Waals surface area contributed by atoms with E-state index in [1.165, 1.54) is 17.7 Å². The normalized spacial score (nSPS) is 16.2. The van der Waals surface area contributed by atoms with Gasteiger partial charge in [0.15, 0.2) is 0 Å². The number of halogens is 4. The average Bonchev–Trinajstić information content (AvgIpc) is 3.05. The summed E-state index contributed by atoms with van der Waals surface area (Å²) in [6, 6.07) is 14.2. The standard InChI is InChI=1S/C20H19F3N4O.ClH/c21-20(22,23)19-26-15-7-3-4-8-17(15)27(19)12-18(28)25-11-16-14-6-2-1-5-13(14)9-10-24-16;/h1-8,16,24H,9-12H2,(H,25,28);1H. The molecule has 2 aromatic carbocycles. The Bertz CT molecular complexity index is 1020. The summed E-state index contributed by atoms with van der Waals surface area (Å²) in [6.07, 6.45) is -3.72. The molecule has 1 aromatic heterocycles. The Morgan fingerprint density at radius 2 is 1.90 bits per heavy atom. The van der Waals surface area contributed by atoms with Gasteiger partial charge in [-0.25, -0.2) is 4.98 Å². The molecule has 1 unspecified atom stereocenters. The molecule has 0 radical (unpaired) electrons. The smallest absolute Gasteiger partial charge is 0.353 e. The van der Waals surface area contributed by atoms with Crippen molar-refractivity contribution < 1.29 is 18.0 Å². The Kier molecular flexibility index (Phi) is 6.14. The van der Waals surface area contributed by atoms with E-state index in [-0.39, 0.29) is 29.5 Å². The van der Waals surface area contributed by atoms with Crippen LogP contribution in [0.15, 0.2) is 48.5 Å². The van der Waals surface area contributed by atoms with Gasteiger partial charge in [-0.3, -0.25) is 4.79 Å². The van der Waals surface area contributed by atoms with E-state index in [0.29, 0.717) is 6.54 Å². The Hall–Kier alpha value is -2.58. The molecule has 1 aliphatic rings. The number of aromatic nitrogens is 2. The van der Waals surface area contributed by atoms with Crippen LogP contribution in [0.2, 0.25) is 0 Å². The van der Waals surface area contributed by atoms with Crippen molar-refractivity contribution >= 4 is 29.3 Å². The number of rotatable bonds is 4. The number of carbonyl (C=O) groups is 1. The summed E-state index contributed by atoms with van der Waals surface area (Å²) in [6.45, 7) is 0.662. The molecule has 0 spiro atoms. The van der Waals surface area contributed by atoms with E-state index in [1.807, 2.05) is 18.2 Å². The van der Waals surface area contributed by atoms with Crippen LogP contribution in [0.3, 0.4) is 0 Å². The van der Waals surface area contributed by atoms with Gasteiger partial charge < -0.3 is 15.2 Å². The number of imidazole rings is 1.